The quantitative estimate of drug-likeness (QED) is 0.505. The molecule has 170 valence electrons. The second-order valence-electron chi connectivity index (χ2n) is 8.85. The van der Waals surface area contributed by atoms with Crippen molar-refractivity contribution in [1.82, 2.24) is 9.80 Å². The van der Waals surface area contributed by atoms with Gasteiger partial charge in [-0.05, 0) is 63.3 Å². The van der Waals surface area contributed by atoms with Crippen LogP contribution in [0.15, 0.2) is 54.6 Å². The Morgan fingerprint density at radius 2 is 1.42 bits per heavy atom. The average molecular weight is 463 g/mol. The van der Waals surface area contributed by atoms with Gasteiger partial charge in [0, 0.05) is 23.7 Å². The summed E-state index contributed by atoms with van der Waals surface area (Å²) in [5.74, 6) is 0.590. The van der Waals surface area contributed by atoms with Crippen molar-refractivity contribution in [2.75, 3.05) is 32.7 Å². The van der Waals surface area contributed by atoms with E-state index in [2.05, 4.69) is 28.9 Å². The average Bonchev–Trinajstić information content (AvgIpc) is 2.80. The van der Waals surface area contributed by atoms with Crippen LogP contribution in [0.4, 0.5) is 0 Å². The maximum Gasteiger partial charge on any atom is 0.193 e. The normalized spacial score (nSPS) is 19.1. The summed E-state index contributed by atoms with van der Waals surface area (Å²) in [6.45, 7) is 8.49. The molecule has 0 saturated carbocycles. The fourth-order valence-corrected chi connectivity index (χ4v) is 4.96. The van der Waals surface area contributed by atoms with Crippen molar-refractivity contribution >= 4 is 30.6 Å². The van der Waals surface area contributed by atoms with E-state index in [4.69, 9.17) is 0 Å². The van der Waals surface area contributed by atoms with Crippen molar-refractivity contribution in [2.45, 2.75) is 51.0 Å². The van der Waals surface area contributed by atoms with Crippen LogP contribution in [0.1, 0.15) is 66.4 Å². The van der Waals surface area contributed by atoms with Gasteiger partial charge in [-0.2, -0.15) is 0 Å². The molecule has 0 spiro atoms. The molecule has 0 amide bonds. The monoisotopic (exact) mass is 462 g/mol. The topological polar surface area (TPSA) is 23.6 Å². The van der Waals surface area contributed by atoms with Crippen molar-refractivity contribution in [3.05, 3.63) is 71.3 Å². The summed E-state index contributed by atoms with van der Waals surface area (Å²) >= 11 is 0. The summed E-state index contributed by atoms with van der Waals surface area (Å²) in [6, 6.07) is 18.6. The van der Waals surface area contributed by atoms with Gasteiger partial charge < -0.3 is 9.80 Å². The molecule has 0 bridgehead atoms. The van der Waals surface area contributed by atoms with Crippen molar-refractivity contribution in [2.24, 2.45) is 0 Å². The number of ketones is 1. The fraction of sp³-hybridized carbons (Fsp3) is 0.500. The van der Waals surface area contributed by atoms with Crippen LogP contribution in [-0.4, -0.2) is 54.3 Å². The SMILES string of the molecule is CC(CN1CCC(N2CCCCC2)CC1)c1ccc(C(=O)c2ccccc2)cc1.Cl.Cl. The lowest BCUT2D eigenvalue weighted by Gasteiger charge is -2.40. The molecule has 3 nitrogen and oxygen atoms in total. The summed E-state index contributed by atoms with van der Waals surface area (Å²) in [7, 11) is 0. The van der Waals surface area contributed by atoms with E-state index in [9.17, 15) is 4.79 Å². The minimum absolute atomic E-state index is 0. The lowest BCUT2D eigenvalue weighted by molar-refractivity contribution is 0.0905. The maximum atomic E-state index is 12.6. The lowest BCUT2D eigenvalue weighted by Crippen LogP contribution is -2.47. The van der Waals surface area contributed by atoms with E-state index in [-0.39, 0.29) is 30.6 Å². The number of hydrogen-bond donors (Lipinski definition) is 0. The molecular formula is C26H36Cl2N2O. The largest absolute Gasteiger partial charge is 0.303 e. The summed E-state index contributed by atoms with van der Waals surface area (Å²) in [6.07, 6.45) is 6.83. The van der Waals surface area contributed by atoms with E-state index in [1.54, 1.807) is 0 Å². The molecule has 31 heavy (non-hydrogen) atoms. The molecule has 1 unspecified atom stereocenters. The first kappa shape index (κ1) is 25.9. The van der Waals surface area contributed by atoms with Gasteiger partial charge in [0.25, 0.3) is 0 Å². The lowest BCUT2D eigenvalue weighted by atomic mass is 9.95. The molecule has 2 heterocycles. The van der Waals surface area contributed by atoms with Gasteiger partial charge in [-0.1, -0.05) is 67.9 Å². The molecule has 2 aliphatic heterocycles. The van der Waals surface area contributed by atoms with E-state index in [0.717, 1.165) is 23.7 Å². The molecule has 2 aromatic rings. The summed E-state index contributed by atoms with van der Waals surface area (Å²) in [4.78, 5) is 18.0. The van der Waals surface area contributed by atoms with Gasteiger partial charge in [0.2, 0.25) is 0 Å². The standard InChI is InChI=1S/C26H34N2O.2ClH/c1-21(20-27-18-14-25(15-19-27)28-16-6-3-7-17-28)22-10-12-24(13-11-22)26(29)23-8-4-2-5-9-23;;/h2,4-5,8-13,21,25H,3,6-7,14-20H2,1H3;2*1H. The Morgan fingerprint density at radius 1 is 0.839 bits per heavy atom. The van der Waals surface area contributed by atoms with Crippen LogP contribution in [0.3, 0.4) is 0 Å². The van der Waals surface area contributed by atoms with E-state index in [1.165, 1.54) is 63.8 Å². The van der Waals surface area contributed by atoms with E-state index in [0.29, 0.717) is 5.92 Å². The predicted octanol–water partition coefficient (Wildman–Crippen LogP) is 5.82. The Bertz CT molecular complexity index is 783. The minimum Gasteiger partial charge on any atom is -0.303 e. The fourth-order valence-electron chi connectivity index (χ4n) is 4.96. The Morgan fingerprint density at radius 3 is 2.03 bits per heavy atom. The molecule has 0 aromatic heterocycles. The van der Waals surface area contributed by atoms with Crippen LogP contribution in [0, 0.1) is 0 Å². The highest BCUT2D eigenvalue weighted by atomic mass is 35.5. The minimum atomic E-state index is 0. The molecule has 2 aromatic carbocycles. The Labute approximate surface area is 200 Å². The third-order valence-electron chi connectivity index (χ3n) is 6.77. The van der Waals surface area contributed by atoms with Crippen LogP contribution in [0.2, 0.25) is 0 Å². The Balaban J connectivity index is 0.00000171. The number of benzene rings is 2. The number of likely N-dealkylation sites (tertiary alicyclic amines) is 2. The van der Waals surface area contributed by atoms with Crippen molar-refractivity contribution < 1.29 is 4.79 Å². The zero-order chi connectivity index (χ0) is 20.1. The highest BCUT2D eigenvalue weighted by Gasteiger charge is 2.26. The van der Waals surface area contributed by atoms with Crippen molar-refractivity contribution in [3.8, 4) is 0 Å². The van der Waals surface area contributed by atoms with Crippen LogP contribution < -0.4 is 0 Å². The first-order valence-corrected chi connectivity index (χ1v) is 11.4. The first-order valence-electron chi connectivity index (χ1n) is 11.4. The molecule has 4 rings (SSSR count). The van der Waals surface area contributed by atoms with Gasteiger partial charge in [-0.3, -0.25) is 4.79 Å². The summed E-state index contributed by atoms with van der Waals surface area (Å²) < 4.78 is 0. The first-order chi connectivity index (χ1) is 14.2. The summed E-state index contributed by atoms with van der Waals surface area (Å²) in [5, 5.41) is 0. The van der Waals surface area contributed by atoms with Gasteiger partial charge in [0.15, 0.2) is 5.78 Å². The number of halogens is 2. The molecule has 0 radical (unpaired) electrons. The second-order valence-corrected chi connectivity index (χ2v) is 8.85. The number of rotatable bonds is 6. The number of carbonyl (C=O) groups excluding carboxylic acids is 1. The molecule has 1 atom stereocenters. The molecular weight excluding hydrogens is 427 g/mol. The third kappa shape index (κ3) is 6.79. The van der Waals surface area contributed by atoms with Gasteiger partial charge in [-0.25, -0.2) is 0 Å². The highest BCUT2D eigenvalue weighted by molar-refractivity contribution is 6.08. The molecule has 0 N–H and O–H groups in total. The van der Waals surface area contributed by atoms with Crippen molar-refractivity contribution in [3.63, 3.8) is 0 Å². The molecule has 5 heteroatoms. The van der Waals surface area contributed by atoms with Gasteiger partial charge >= 0.3 is 0 Å². The van der Waals surface area contributed by atoms with Gasteiger partial charge in [-0.15, -0.1) is 24.8 Å². The predicted molar refractivity (Wildman–Crippen MR) is 134 cm³/mol. The number of nitrogens with zero attached hydrogens (tertiary/aromatic N) is 2. The molecule has 2 fully saturated rings. The van der Waals surface area contributed by atoms with Crippen LogP contribution >= 0.6 is 24.8 Å². The van der Waals surface area contributed by atoms with E-state index in [1.807, 2.05) is 42.5 Å². The van der Waals surface area contributed by atoms with Crippen molar-refractivity contribution in [1.29, 1.82) is 0 Å². The van der Waals surface area contributed by atoms with Gasteiger partial charge in [0.1, 0.15) is 0 Å². The number of piperidine rings is 2. The van der Waals surface area contributed by atoms with E-state index < -0.39 is 0 Å². The summed E-state index contributed by atoms with van der Waals surface area (Å²) in [5.41, 5.74) is 2.85. The molecule has 2 aliphatic rings. The van der Waals surface area contributed by atoms with Gasteiger partial charge in [0.05, 0.1) is 0 Å². The zero-order valence-electron chi connectivity index (χ0n) is 18.5. The number of carbonyl (C=O) groups is 1. The zero-order valence-corrected chi connectivity index (χ0v) is 20.2. The molecule has 0 aliphatic carbocycles. The third-order valence-corrected chi connectivity index (χ3v) is 6.77. The van der Waals surface area contributed by atoms with Crippen LogP contribution in [-0.2, 0) is 0 Å². The van der Waals surface area contributed by atoms with E-state index >= 15 is 0 Å². The molecule has 2 saturated heterocycles. The second kappa shape index (κ2) is 12.6. The smallest absolute Gasteiger partial charge is 0.193 e. The number of hydrogen-bond acceptors (Lipinski definition) is 3. The maximum absolute atomic E-state index is 12.6. The van der Waals surface area contributed by atoms with Crippen LogP contribution in [0.25, 0.3) is 0 Å². The highest BCUT2D eigenvalue weighted by Crippen LogP contribution is 2.24. The Kier molecular flexibility index (Phi) is 10.5. The van der Waals surface area contributed by atoms with Crippen LogP contribution in [0.5, 0.6) is 0 Å². The Hall–Kier alpha value is -1.39.